The van der Waals surface area contributed by atoms with E-state index in [4.69, 9.17) is 4.74 Å². The smallest absolute Gasteiger partial charge is 0.150 e. The first-order valence-electron chi connectivity index (χ1n) is 6.54. The first-order valence-corrected chi connectivity index (χ1v) is 6.54. The fourth-order valence-corrected chi connectivity index (χ4v) is 2.28. The van der Waals surface area contributed by atoms with Gasteiger partial charge in [0, 0.05) is 5.56 Å². The molecule has 0 saturated carbocycles. The number of ether oxygens (including phenoxy) is 1. The third kappa shape index (κ3) is 3.00. The second kappa shape index (κ2) is 5.85. The Bertz CT molecular complexity index is 448. The fourth-order valence-electron chi connectivity index (χ4n) is 2.28. The quantitative estimate of drug-likeness (QED) is 0.595. The molecule has 0 bridgehead atoms. The third-order valence-electron chi connectivity index (χ3n) is 3.72. The summed E-state index contributed by atoms with van der Waals surface area (Å²) in [4.78, 5) is 10.8. The molecule has 18 heavy (non-hydrogen) atoms. The lowest BCUT2D eigenvalue weighted by molar-refractivity contribution is 0.112. The van der Waals surface area contributed by atoms with Gasteiger partial charge in [0.15, 0.2) is 0 Å². The van der Waals surface area contributed by atoms with Crippen LogP contribution in [0.5, 0.6) is 5.75 Å². The van der Waals surface area contributed by atoms with E-state index in [0.717, 1.165) is 37.0 Å². The Morgan fingerprint density at radius 1 is 1.33 bits per heavy atom. The Morgan fingerprint density at radius 2 is 2.11 bits per heavy atom. The van der Waals surface area contributed by atoms with E-state index in [1.807, 2.05) is 25.1 Å². The van der Waals surface area contributed by atoms with Crippen LogP contribution in [0, 0.1) is 18.8 Å². The highest BCUT2D eigenvalue weighted by molar-refractivity contribution is 5.75. The molecule has 0 spiro atoms. The molecule has 2 atom stereocenters. The van der Waals surface area contributed by atoms with Gasteiger partial charge in [-0.25, -0.2) is 0 Å². The number of carbonyl (C=O) groups excluding carboxylic acids is 1. The Kier molecular flexibility index (Phi) is 4.19. The zero-order chi connectivity index (χ0) is 13.0. The minimum Gasteiger partial charge on any atom is -0.493 e. The van der Waals surface area contributed by atoms with Crippen molar-refractivity contribution in [1.82, 2.24) is 0 Å². The van der Waals surface area contributed by atoms with E-state index in [2.05, 4.69) is 19.1 Å². The summed E-state index contributed by atoms with van der Waals surface area (Å²) in [6.45, 7) is 5.01. The van der Waals surface area contributed by atoms with Crippen LogP contribution >= 0.6 is 0 Å². The van der Waals surface area contributed by atoms with Gasteiger partial charge in [0.2, 0.25) is 0 Å². The normalized spacial score (nSPS) is 22.8. The van der Waals surface area contributed by atoms with E-state index >= 15 is 0 Å². The van der Waals surface area contributed by atoms with Crippen LogP contribution < -0.4 is 4.74 Å². The van der Waals surface area contributed by atoms with Crippen molar-refractivity contribution in [2.24, 2.45) is 11.8 Å². The number of rotatable bonds is 4. The summed E-state index contributed by atoms with van der Waals surface area (Å²) in [6.07, 6.45) is 7.58. The van der Waals surface area contributed by atoms with Gasteiger partial charge in [0.1, 0.15) is 12.0 Å². The lowest BCUT2D eigenvalue weighted by Gasteiger charge is -2.25. The number of allylic oxidation sites excluding steroid dienone is 2. The predicted molar refractivity (Wildman–Crippen MR) is 73.1 cm³/mol. The SMILES string of the molecule is Cc1ccc(C=O)cc1OCC1CC=CCC1C. The molecule has 0 heterocycles. The molecule has 1 aromatic rings. The van der Waals surface area contributed by atoms with Crippen LogP contribution in [0.15, 0.2) is 30.4 Å². The highest BCUT2D eigenvalue weighted by atomic mass is 16.5. The topological polar surface area (TPSA) is 26.3 Å². The van der Waals surface area contributed by atoms with Crippen molar-refractivity contribution in [2.45, 2.75) is 26.7 Å². The maximum Gasteiger partial charge on any atom is 0.150 e. The molecule has 2 heteroatoms. The second-order valence-electron chi connectivity index (χ2n) is 5.13. The van der Waals surface area contributed by atoms with Crippen molar-refractivity contribution in [3.63, 3.8) is 0 Å². The summed E-state index contributed by atoms with van der Waals surface area (Å²) in [5.74, 6) is 2.08. The predicted octanol–water partition coefficient (Wildman–Crippen LogP) is 3.79. The Balaban J connectivity index is 2.01. The van der Waals surface area contributed by atoms with Gasteiger partial charge in [0.25, 0.3) is 0 Å². The maximum absolute atomic E-state index is 10.8. The molecule has 1 aliphatic rings. The van der Waals surface area contributed by atoms with Crippen LogP contribution in [0.4, 0.5) is 0 Å². The number of hydrogen-bond donors (Lipinski definition) is 0. The van der Waals surface area contributed by atoms with E-state index in [1.165, 1.54) is 0 Å². The summed E-state index contributed by atoms with van der Waals surface area (Å²) in [7, 11) is 0. The minimum absolute atomic E-state index is 0.578. The second-order valence-corrected chi connectivity index (χ2v) is 5.13. The molecule has 0 saturated heterocycles. The summed E-state index contributed by atoms with van der Waals surface area (Å²) in [6, 6.07) is 5.58. The maximum atomic E-state index is 10.8. The Labute approximate surface area is 109 Å². The molecule has 0 N–H and O–H groups in total. The van der Waals surface area contributed by atoms with Crippen LogP contribution in [0.3, 0.4) is 0 Å². The molecular weight excluding hydrogens is 224 g/mol. The molecular formula is C16H20O2. The molecule has 2 nitrogen and oxygen atoms in total. The van der Waals surface area contributed by atoms with E-state index < -0.39 is 0 Å². The average Bonchev–Trinajstić information content (AvgIpc) is 2.39. The monoisotopic (exact) mass is 244 g/mol. The van der Waals surface area contributed by atoms with Crippen LogP contribution in [0.1, 0.15) is 35.7 Å². The molecule has 0 aliphatic heterocycles. The molecule has 2 unspecified atom stereocenters. The van der Waals surface area contributed by atoms with Gasteiger partial charge in [-0.2, -0.15) is 0 Å². The third-order valence-corrected chi connectivity index (χ3v) is 3.72. The van der Waals surface area contributed by atoms with Gasteiger partial charge in [-0.1, -0.05) is 31.2 Å². The van der Waals surface area contributed by atoms with Crippen molar-refractivity contribution in [2.75, 3.05) is 6.61 Å². The molecule has 1 aliphatic carbocycles. The van der Waals surface area contributed by atoms with Gasteiger partial charge < -0.3 is 4.74 Å². The van der Waals surface area contributed by atoms with Crippen molar-refractivity contribution >= 4 is 6.29 Å². The molecule has 0 aromatic heterocycles. The lowest BCUT2D eigenvalue weighted by atomic mass is 9.85. The van der Waals surface area contributed by atoms with Crippen LogP contribution in [0.2, 0.25) is 0 Å². The van der Waals surface area contributed by atoms with Gasteiger partial charge in [-0.3, -0.25) is 4.79 Å². The van der Waals surface area contributed by atoms with E-state index in [1.54, 1.807) is 0 Å². The fraction of sp³-hybridized carbons (Fsp3) is 0.438. The first kappa shape index (κ1) is 12.9. The van der Waals surface area contributed by atoms with Crippen molar-refractivity contribution in [3.8, 4) is 5.75 Å². The first-order chi connectivity index (χ1) is 8.70. The minimum atomic E-state index is 0.578. The number of benzene rings is 1. The molecule has 2 rings (SSSR count). The van der Waals surface area contributed by atoms with Crippen LogP contribution in [-0.2, 0) is 0 Å². The summed E-state index contributed by atoms with van der Waals surface area (Å²) >= 11 is 0. The lowest BCUT2D eigenvalue weighted by Crippen LogP contribution is -2.21. The molecule has 1 aromatic carbocycles. The molecule has 96 valence electrons. The van der Waals surface area contributed by atoms with Crippen molar-refractivity contribution < 1.29 is 9.53 Å². The zero-order valence-electron chi connectivity index (χ0n) is 11.1. The van der Waals surface area contributed by atoms with Gasteiger partial charge in [-0.05, 0) is 43.2 Å². The zero-order valence-corrected chi connectivity index (χ0v) is 11.1. The largest absolute Gasteiger partial charge is 0.493 e. The highest BCUT2D eigenvalue weighted by Crippen LogP contribution is 2.27. The Hall–Kier alpha value is -1.57. The van der Waals surface area contributed by atoms with Crippen LogP contribution in [-0.4, -0.2) is 12.9 Å². The van der Waals surface area contributed by atoms with Gasteiger partial charge in [-0.15, -0.1) is 0 Å². The summed E-state index contributed by atoms with van der Waals surface area (Å²) < 4.78 is 5.90. The molecule has 0 amide bonds. The summed E-state index contributed by atoms with van der Waals surface area (Å²) in [5.41, 5.74) is 1.76. The van der Waals surface area contributed by atoms with Crippen molar-refractivity contribution in [1.29, 1.82) is 0 Å². The van der Waals surface area contributed by atoms with Gasteiger partial charge in [0.05, 0.1) is 6.61 Å². The summed E-state index contributed by atoms with van der Waals surface area (Å²) in [5, 5.41) is 0. The average molecular weight is 244 g/mol. The van der Waals surface area contributed by atoms with E-state index in [-0.39, 0.29) is 0 Å². The molecule has 0 radical (unpaired) electrons. The standard InChI is InChI=1S/C16H20O2/c1-12-5-3-4-6-15(12)11-18-16-9-14(10-17)8-7-13(16)2/h3-4,7-10,12,15H,5-6,11H2,1-2H3. The van der Waals surface area contributed by atoms with E-state index in [0.29, 0.717) is 17.4 Å². The Morgan fingerprint density at radius 3 is 2.83 bits per heavy atom. The molecule has 0 fully saturated rings. The highest BCUT2D eigenvalue weighted by Gasteiger charge is 2.19. The number of carbonyl (C=O) groups is 1. The number of aldehydes is 1. The van der Waals surface area contributed by atoms with Crippen LogP contribution in [0.25, 0.3) is 0 Å². The van der Waals surface area contributed by atoms with Gasteiger partial charge >= 0.3 is 0 Å². The van der Waals surface area contributed by atoms with E-state index in [9.17, 15) is 4.79 Å². The van der Waals surface area contributed by atoms with Crippen molar-refractivity contribution in [3.05, 3.63) is 41.5 Å². The number of hydrogen-bond acceptors (Lipinski definition) is 2. The number of aryl methyl sites for hydroxylation is 1.